The smallest absolute Gasteiger partial charge is 0.305 e. The van der Waals surface area contributed by atoms with Gasteiger partial charge in [0.25, 0.3) is 11.1 Å². The number of aromatic nitrogens is 3. The number of hydrogen-bond donors (Lipinski definition) is 1. The second-order valence-electron chi connectivity index (χ2n) is 5.93. The van der Waals surface area contributed by atoms with Crippen LogP contribution in [-0.2, 0) is 13.2 Å². The van der Waals surface area contributed by atoms with Crippen molar-refractivity contribution in [3.05, 3.63) is 74.8 Å². The SMILES string of the molecule is Cn1c(=O)c2ccccc2c2[nH]n(-c3ccc(C(F)(F)F)cc3)c(=O)c21. The van der Waals surface area contributed by atoms with E-state index in [4.69, 9.17) is 0 Å². The first kappa shape index (κ1) is 16.2. The molecular formula is C18H12F3N3O2. The molecule has 0 fully saturated rings. The second-order valence-corrected chi connectivity index (χ2v) is 5.93. The van der Waals surface area contributed by atoms with E-state index in [1.165, 1.54) is 23.7 Å². The van der Waals surface area contributed by atoms with Crippen LogP contribution in [0.2, 0.25) is 0 Å². The number of nitrogens with one attached hydrogen (secondary N) is 1. The quantitative estimate of drug-likeness (QED) is 0.567. The first-order valence-corrected chi connectivity index (χ1v) is 7.69. The van der Waals surface area contributed by atoms with Crippen LogP contribution in [0.1, 0.15) is 5.56 Å². The molecule has 0 aliphatic rings. The maximum absolute atomic E-state index is 12.8. The largest absolute Gasteiger partial charge is 0.416 e. The molecule has 0 unspecified atom stereocenters. The van der Waals surface area contributed by atoms with Gasteiger partial charge >= 0.3 is 6.18 Å². The Hall–Kier alpha value is -3.29. The van der Waals surface area contributed by atoms with E-state index >= 15 is 0 Å². The van der Waals surface area contributed by atoms with Gasteiger partial charge < -0.3 is 4.57 Å². The topological polar surface area (TPSA) is 59.8 Å². The van der Waals surface area contributed by atoms with Crippen molar-refractivity contribution in [2.45, 2.75) is 6.18 Å². The minimum absolute atomic E-state index is 0.161. The maximum Gasteiger partial charge on any atom is 0.416 e. The zero-order chi connectivity index (χ0) is 18.6. The van der Waals surface area contributed by atoms with Gasteiger partial charge in [-0.1, -0.05) is 18.2 Å². The van der Waals surface area contributed by atoms with Crippen LogP contribution >= 0.6 is 0 Å². The van der Waals surface area contributed by atoms with Gasteiger partial charge in [-0.15, -0.1) is 0 Å². The van der Waals surface area contributed by atoms with Gasteiger partial charge in [0.1, 0.15) is 5.52 Å². The molecule has 4 aromatic rings. The fourth-order valence-corrected chi connectivity index (χ4v) is 3.08. The van der Waals surface area contributed by atoms with Crippen molar-refractivity contribution < 1.29 is 13.2 Å². The number of benzene rings is 2. The first-order chi connectivity index (χ1) is 12.3. The Balaban J connectivity index is 2.03. The van der Waals surface area contributed by atoms with Gasteiger partial charge in [-0.05, 0) is 30.3 Å². The van der Waals surface area contributed by atoms with Crippen LogP contribution in [0.15, 0.2) is 58.1 Å². The summed E-state index contributed by atoms with van der Waals surface area (Å²) in [4.78, 5) is 25.2. The Kier molecular flexibility index (Phi) is 3.33. The molecule has 0 spiro atoms. The van der Waals surface area contributed by atoms with Crippen molar-refractivity contribution in [2.24, 2.45) is 7.05 Å². The number of rotatable bonds is 1. The lowest BCUT2D eigenvalue weighted by molar-refractivity contribution is -0.137. The molecule has 2 aromatic carbocycles. The van der Waals surface area contributed by atoms with E-state index in [1.807, 2.05) is 0 Å². The number of aromatic amines is 1. The molecule has 0 radical (unpaired) electrons. The number of alkyl halides is 3. The monoisotopic (exact) mass is 359 g/mol. The summed E-state index contributed by atoms with van der Waals surface area (Å²) in [5, 5.41) is 3.94. The summed E-state index contributed by atoms with van der Waals surface area (Å²) in [5.74, 6) is 0. The standard InChI is InChI=1S/C18H12F3N3O2/c1-23-15-14(12-4-2-3-5-13(12)16(23)25)22-24(17(15)26)11-8-6-10(7-9-11)18(19,20)21/h2-9,22H,1H3. The molecule has 0 aliphatic heterocycles. The van der Waals surface area contributed by atoms with Crippen LogP contribution in [0.3, 0.4) is 0 Å². The summed E-state index contributed by atoms with van der Waals surface area (Å²) in [6.45, 7) is 0. The predicted molar refractivity (Wildman–Crippen MR) is 91.6 cm³/mol. The van der Waals surface area contributed by atoms with Crippen molar-refractivity contribution >= 4 is 21.8 Å². The van der Waals surface area contributed by atoms with Gasteiger partial charge in [-0.3, -0.25) is 14.7 Å². The highest BCUT2D eigenvalue weighted by molar-refractivity contribution is 6.03. The Bertz CT molecular complexity index is 1260. The molecule has 2 aromatic heterocycles. The highest BCUT2D eigenvalue weighted by Gasteiger charge is 2.30. The van der Waals surface area contributed by atoms with E-state index < -0.39 is 17.3 Å². The van der Waals surface area contributed by atoms with E-state index in [0.717, 1.165) is 16.8 Å². The van der Waals surface area contributed by atoms with Crippen molar-refractivity contribution in [2.75, 3.05) is 0 Å². The lowest BCUT2D eigenvalue weighted by Crippen LogP contribution is -2.22. The van der Waals surface area contributed by atoms with Crippen molar-refractivity contribution in [3.63, 3.8) is 0 Å². The summed E-state index contributed by atoms with van der Waals surface area (Å²) >= 11 is 0. The van der Waals surface area contributed by atoms with Gasteiger partial charge in [0, 0.05) is 17.8 Å². The third-order valence-corrected chi connectivity index (χ3v) is 4.39. The van der Waals surface area contributed by atoms with E-state index in [-0.39, 0.29) is 16.8 Å². The molecule has 0 aliphatic carbocycles. The predicted octanol–water partition coefficient (Wildman–Crippen LogP) is 3.19. The second kappa shape index (κ2) is 5.35. The minimum Gasteiger partial charge on any atom is -0.305 e. The molecule has 26 heavy (non-hydrogen) atoms. The Morgan fingerprint density at radius 2 is 1.50 bits per heavy atom. The number of halogens is 3. The third kappa shape index (κ3) is 2.26. The lowest BCUT2D eigenvalue weighted by atomic mass is 10.1. The average molecular weight is 359 g/mol. The van der Waals surface area contributed by atoms with E-state index in [0.29, 0.717) is 16.3 Å². The minimum atomic E-state index is -4.45. The molecule has 0 amide bonds. The normalized spacial score (nSPS) is 12.2. The Labute approximate surface area is 143 Å². The van der Waals surface area contributed by atoms with Crippen LogP contribution in [-0.4, -0.2) is 14.3 Å². The number of hydrogen-bond acceptors (Lipinski definition) is 2. The molecule has 1 N–H and O–H groups in total. The molecule has 132 valence electrons. The van der Waals surface area contributed by atoms with E-state index in [2.05, 4.69) is 5.10 Å². The zero-order valence-electron chi connectivity index (χ0n) is 13.5. The molecule has 0 saturated carbocycles. The zero-order valence-corrected chi connectivity index (χ0v) is 13.5. The highest BCUT2D eigenvalue weighted by Crippen LogP contribution is 2.29. The lowest BCUT2D eigenvalue weighted by Gasteiger charge is -2.07. The molecule has 0 bridgehead atoms. The molecule has 2 heterocycles. The summed E-state index contributed by atoms with van der Waals surface area (Å²) in [5.41, 5.74) is -0.769. The van der Waals surface area contributed by atoms with E-state index in [9.17, 15) is 22.8 Å². The molecular weight excluding hydrogens is 347 g/mol. The van der Waals surface area contributed by atoms with Crippen LogP contribution < -0.4 is 11.1 Å². The fraction of sp³-hybridized carbons (Fsp3) is 0.111. The number of pyridine rings is 1. The van der Waals surface area contributed by atoms with Gasteiger partial charge in [-0.25, -0.2) is 4.68 Å². The van der Waals surface area contributed by atoms with Gasteiger partial charge in [0.2, 0.25) is 0 Å². The molecule has 8 heteroatoms. The molecule has 0 saturated heterocycles. The van der Waals surface area contributed by atoms with Crippen molar-refractivity contribution in [3.8, 4) is 5.69 Å². The summed E-state index contributed by atoms with van der Waals surface area (Å²) in [6, 6.07) is 11.1. The van der Waals surface area contributed by atoms with Crippen molar-refractivity contribution in [1.29, 1.82) is 0 Å². The Morgan fingerprint density at radius 3 is 2.12 bits per heavy atom. The number of nitrogens with zero attached hydrogens (tertiary/aromatic N) is 2. The number of aryl methyl sites for hydroxylation is 1. The molecule has 4 rings (SSSR count). The molecule has 0 atom stereocenters. The summed E-state index contributed by atoms with van der Waals surface area (Å²) < 4.78 is 40.6. The third-order valence-electron chi connectivity index (χ3n) is 4.39. The van der Waals surface area contributed by atoms with Gasteiger partial charge in [0.15, 0.2) is 0 Å². The number of fused-ring (bicyclic) bond motifs is 3. The van der Waals surface area contributed by atoms with Crippen LogP contribution in [0.4, 0.5) is 13.2 Å². The van der Waals surface area contributed by atoms with Crippen LogP contribution in [0.25, 0.3) is 27.5 Å². The van der Waals surface area contributed by atoms with Crippen molar-refractivity contribution in [1.82, 2.24) is 14.3 Å². The number of H-pyrrole nitrogens is 1. The summed E-state index contributed by atoms with van der Waals surface area (Å²) in [6.07, 6.45) is -4.45. The van der Waals surface area contributed by atoms with Gasteiger partial charge in [-0.2, -0.15) is 13.2 Å². The highest BCUT2D eigenvalue weighted by atomic mass is 19.4. The van der Waals surface area contributed by atoms with Crippen LogP contribution in [0.5, 0.6) is 0 Å². The summed E-state index contributed by atoms with van der Waals surface area (Å²) in [7, 11) is 1.49. The first-order valence-electron chi connectivity index (χ1n) is 7.69. The van der Waals surface area contributed by atoms with Gasteiger partial charge in [0.05, 0.1) is 16.8 Å². The van der Waals surface area contributed by atoms with Crippen LogP contribution in [0, 0.1) is 0 Å². The average Bonchev–Trinajstić information content (AvgIpc) is 2.97. The van der Waals surface area contributed by atoms with E-state index in [1.54, 1.807) is 24.3 Å². The Morgan fingerprint density at radius 1 is 0.885 bits per heavy atom. The molecule has 5 nitrogen and oxygen atoms in total. The fourth-order valence-electron chi connectivity index (χ4n) is 3.08. The maximum atomic E-state index is 12.8.